The molecule has 1 aromatic carbocycles. The molecule has 0 aliphatic heterocycles. The summed E-state index contributed by atoms with van der Waals surface area (Å²) in [5, 5.41) is 6.05. The van der Waals surface area contributed by atoms with E-state index in [1.54, 1.807) is 18.4 Å². The number of nitrogens with one attached hydrogen (secondary N) is 2. The molecule has 7 heteroatoms. The van der Waals surface area contributed by atoms with E-state index in [2.05, 4.69) is 42.5 Å². The van der Waals surface area contributed by atoms with Crippen molar-refractivity contribution in [2.24, 2.45) is 0 Å². The van der Waals surface area contributed by atoms with Crippen molar-refractivity contribution < 1.29 is 8.81 Å². The molecule has 0 bridgehead atoms. The van der Waals surface area contributed by atoms with E-state index in [4.69, 9.17) is 16.6 Å². The lowest BCUT2D eigenvalue weighted by molar-refractivity contribution is 0.503. The minimum Gasteiger partial charge on any atom is -0.467 e. The number of hydrogen-bond donors (Lipinski definition) is 2. The van der Waals surface area contributed by atoms with Crippen LogP contribution in [0.4, 0.5) is 10.1 Å². The Morgan fingerprint density at radius 1 is 1.37 bits per heavy atom. The van der Waals surface area contributed by atoms with E-state index in [1.807, 2.05) is 6.07 Å². The second kappa shape index (κ2) is 6.49. The monoisotopic (exact) mass is 406 g/mol. The van der Waals surface area contributed by atoms with Gasteiger partial charge < -0.3 is 15.1 Å². The summed E-state index contributed by atoms with van der Waals surface area (Å²) in [6.07, 6.45) is 1.58. The van der Waals surface area contributed by atoms with Gasteiger partial charge in [0.2, 0.25) is 0 Å². The first-order chi connectivity index (χ1) is 9.06. The lowest BCUT2D eigenvalue weighted by Gasteiger charge is -2.12. The zero-order chi connectivity index (χ0) is 13.8. The Morgan fingerprint density at radius 3 is 2.79 bits per heavy atom. The van der Waals surface area contributed by atoms with Gasteiger partial charge in [0.05, 0.1) is 18.5 Å². The third kappa shape index (κ3) is 4.02. The van der Waals surface area contributed by atoms with Crippen molar-refractivity contribution in [3.63, 3.8) is 0 Å². The highest BCUT2D eigenvalue weighted by Gasteiger charge is 2.10. The maximum atomic E-state index is 13.8. The van der Waals surface area contributed by atoms with E-state index in [0.717, 1.165) is 5.76 Å². The second-order valence-electron chi connectivity index (χ2n) is 3.63. The summed E-state index contributed by atoms with van der Waals surface area (Å²) in [4.78, 5) is 0. The van der Waals surface area contributed by atoms with Gasteiger partial charge in [-0.3, -0.25) is 0 Å². The highest BCUT2D eigenvalue weighted by molar-refractivity contribution is 9.11. The minimum absolute atomic E-state index is 0.292. The van der Waals surface area contributed by atoms with Gasteiger partial charge in [-0.25, -0.2) is 4.39 Å². The fourth-order valence-corrected chi connectivity index (χ4v) is 2.85. The van der Waals surface area contributed by atoms with Crippen LogP contribution >= 0.6 is 44.1 Å². The first kappa shape index (κ1) is 14.5. The summed E-state index contributed by atoms with van der Waals surface area (Å²) >= 11 is 11.6. The van der Waals surface area contributed by atoms with Crippen LogP contribution in [-0.4, -0.2) is 5.11 Å². The number of halogens is 3. The molecule has 0 unspecified atom stereocenters. The maximum absolute atomic E-state index is 13.8. The summed E-state index contributed by atoms with van der Waals surface area (Å²) in [5.41, 5.74) is 0.292. The van der Waals surface area contributed by atoms with Gasteiger partial charge in [-0.2, -0.15) is 0 Å². The fraction of sp³-hybridized carbons (Fsp3) is 0.0833. The zero-order valence-corrected chi connectivity index (χ0v) is 13.5. The Labute approximate surface area is 131 Å². The van der Waals surface area contributed by atoms with E-state index >= 15 is 0 Å². The smallest absolute Gasteiger partial charge is 0.171 e. The Hall–Kier alpha value is -0.920. The van der Waals surface area contributed by atoms with Gasteiger partial charge in [0.1, 0.15) is 11.6 Å². The SMILES string of the molecule is Fc1cc(Br)cc(Br)c1NC(=S)NCc1ccco1. The third-order valence-corrected chi connectivity index (χ3v) is 3.58. The third-order valence-electron chi connectivity index (χ3n) is 2.25. The lowest BCUT2D eigenvalue weighted by Crippen LogP contribution is -2.28. The molecule has 0 atom stereocenters. The van der Waals surface area contributed by atoms with Gasteiger partial charge in [0.15, 0.2) is 5.11 Å². The molecule has 2 aromatic rings. The highest BCUT2D eigenvalue weighted by atomic mass is 79.9. The molecule has 0 radical (unpaired) electrons. The number of hydrogen-bond acceptors (Lipinski definition) is 2. The summed E-state index contributed by atoms with van der Waals surface area (Å²) < 4.78 is 20.1. The van der Waals surface area contributed by atoms with Crippen LogP contribution in [0.25, 0.3) is 0 Å². The van der Waals surface area contributed by atoms with Crippen LogP contribution in [0.5, 0.6) is 0 Å². The molecule has 0 saturated heterocycles. The molecule has 3 nitrogen and oxygen atoms in total. The lowest BCUT2D eigenvalue weighted by atomic mass is 10.3. The normalized spacial score (nSPS) is 10.3. The minimum atomic E-state index is -0.400. The van der Waals surface area contributed by atoms with Gasteiger partial charge in [-0.1, -0.05) is 15.9 Å². The number of rotatable bonds is 3. The second-order valence-corrected chi connectivity index (χ2v) is 5.81. The van der Waals surface area contributed by atoms with Gasteiger partial charge in [-0.05, 0) is 52.4 Å². The number of thiocarbonyl (C=S) groups is 1. The van der Waals surface area contributed by atoms with Gasteiger partial charge in [0, 0.05) is 8.95 Å². The topological polar surface area (TPSA) is 37.2 Å². The van der Waals surface area contributed by atoms with Crippen molar-refractivity contribution in [3.05, 3.63) is 51.1 Å². The largest absolute Gasteiger partial charge is 0.467 e. The highest BCUT2D eigenvalue weighted by Crippen LogP contribution is 2.29. The van der Waals surface area contributed by atoms with Crippen LogP contribution in [0.2, 0.25) is 0 Å². The Balaban J connectivity index is 1.99. The number of furan rings is 1. The van der Waals surface area contributed by atoms with Crippen molar-refractivity contribution in [1.82, 2.24) is 5.32 Å². The van der Waals surface area contributed by atoms with Crippen LogP contribution in [0.15, 0.2) is 43.9 Å². The van der Waals surface area contributed by atoms with Crippen LogP contribution < -0.4 is 10.6 Å². The number of anilines is 1. The number of benzene rings is 1. The van der Waals surface area contributed by atoms with Crippen molar-refractivity contribution in [2.45, 2.75) is 6.54 Å². The van der Waals surface area contributed by atoms with E-state index in [1.165, 1.54) is 6.07 Å². The van der Waals surface area contributed by atoms with E-state index in [-0.39, 0.29) is 0 Å². The molecule has 2 rings (SSSR count). The Bertz CT molecular complexity index is 566. The molecule has 0 aliphatic rings. The van der Waals surface area contributed by atoms with Crippen molar-refractivity contribution in [2.75, 3.05) is 5.32 Å². The van der Waals surface area contributed by atoms with Crippen LogP contribution in [0.3, 0.4) is 0 Å². The molecule has 0 spiro atoms. The van der Waals surface area contributed by atoms with Crippen molar-refractivity contribution >= 4 is 54.9 Å². The summed E-state index contributed by atoms with van der Waals surface area (Å²) in [7, 11) is 0. The van der Waals surface area contributed by atoms with Crippen LogP contribution in [0, 0.1) is 5.82 Å². The van der Waals surface area contributed by atoms with E-state index < -0.39 is 5.82 Å². The molecule has 0 saturated carbocycles. The fourth-order valence-electron chi connectivity index (χ4n) is 1.40. The summed E-state index contributed by atoms with van der Waals surface area (Å²) in [6, 6.07) is 6.72. The molecule has 1 heterocycles. The van der Waals surface area contributed by atoms with E-state index in [0.29, 0.717) is 26.3 Å². The molecule has 0 amide bonds. The van der Waals surface area contributed by atoms with E-state index in [9.17, 15) is 4.39 Å². The van der Waals surface area contributed by atoms with Gasteiger partial charge in [-0.15, -0.1) is 0 Å². The molecule has 1 aromatic heterocycles. The average Bonchev–Trinajstić information content (AvgIpc) is 2.84. The summed E-state index contributed by atoms with van der Waals surface area (Å²) in [6.45, 7) is 0.439. The van der Waals surface area contributed by atoms with Crippen molar-refractivity contribution in [3.8, 4) is 0 Å². The average molecular weight is 408 g/mol. The van der Waals surface area contributed by atoms with Gasteiger partial charge in [0.25, 0.3) is 0 Å². The van der Waals surface area contributed by atoms with Crippen LogP contribution in [-0.2, 0) is 6.54 Å². The molecule has 2 N–H and O–H groups in total. The van der Waals surface area contributed by atoms with Crippen LogP contribution in [0.1, 0.15) is 5.76 Å². The standard InChI is InChI=1S/C12H9Br2FN2OS/c13-7-4-9(14)11(10(15)5-7)17-12(19)16-6-8-2-1-3-18-8/h1-5H,6H2,(H2,16,17,19). The quantitative estimate of drug-likeness (QED) is 0.738. The molecular weight excluding hydrogens is 399 g/mol. The molecule has 19 heavy (non-hydrogen) atoms. The first-order valence-corrected chi connectivity index (χ1v) is 7.27. The predicted octanol–water partition coefficient (Wildman–Crippen LogP) is 4.43. The molecule has 0 aliphatic carbocycles. The maximum Gasteiger partial charge on any atom is 0.171 e. The Kier molecular flexibility index (Phi) is 4.95. The molecule has 0 fully saturated rings. The zero-order valence-electron chi connectivity index (χ0n) is 9.54. The van der Waals surface area contributed by atoms with Gasteiger partial charge >= 0.3 is 0 Å². The molecular formula is C12H9Br2FN2OS. The summed E-state index contributed by atoms with van der Waals surface area (Å²) in [5.74, 6) is 0.350. The predicted molar refractivity (Wildman–Crippen MR) is 83.6 cm³/mol. The van der Waals surface area contributed by atoms with Crippen molar-refractivity contribution in [1.29, 1.82) is 0 Å². The first-order valence-electron chi connectivity index (χ1n) is 5.28. The molecule has 100 valence electrons. The Morgan fingerprint density at radius 2 is 2.16 bits per heavy atom.